The maximum atomic E-state index is 11.0. The zero-order chi connectivity index (χ0) is 13.7. The molecule has 0 aromatic carbocycles. The van der Waals surface area contributed by atoms with Crippen LogP contribution in [0.4, 0.5) is 4.79 Å². The zero-order valence-electron chi connectivity index (χ0n) is 10.0. The molecule has 0 fully saturated rings. The van der Waals surface area contributed by atoms with Gasteiger partial charge in [0.15, 0.2) is 0 Å². The number of primary amides is 1. The molecule has 0 bridgehead atoms. The number of imide groups is 1. The lowest BCUT2D eigenvalue weighted by atomic mass is 10.1. The molecule has 8 nitrogen and oxygen atoms in total. The third-order valence-corrected chi connectivity index (χ3v) is 2.50. The molecule has 0 aromatic rings. The Hall–Kier alpha value is -1.19. The number of sulfonamides is 1. The summed E-state index contributed by atoms with van der Waals surface area (Å²) >= 11 is 0. The predicted octanol–water partition coefficient (Wildman–Crippen LogP) is -1.90. The number of carbonyl (C=O) groups excluding carboxylic acids is 2. The number of nitrogens with one attached hydrogen (secondary N) is 3. The van der Waals surface area contributed by atoms with Gasteiger partial charge in [0.1, 0.15) is 0 Å². The average Bonchev–Trinajstić information content (AvgIpc) is 1.95. The topological polar surface area (TPSA) is 130 Å². The fourth-order valence-electron chi connectivity index (χ4n) is 1.21. The number of hydrogen-bond donors (Lipinski definition) is 4. The molecule has 0 heterocycles. The Labute approximate surface area is 100 Å². The molecule has 100 valence electrons. The summed E-state index contributed by atoms with van der Waals surface area (Å²) in [7, 11) is -3.32. The monoisotopic (exact) mass is 266 g/mol. The summed E-state index contributed by atoms with van der Waals surface area (Å²) in [4.78, 5) is 21.3. The van der Waals surface area contributed by atoms with Crippen molar-refractivity contribution in [1.29, 1.82) is 0 Å². The third-order valence-electron chi connectivity index (χ3n) is 1.58. The van der Waals surface area contributed by atoms with Gasteiger partial charge in [0, 0.05) is 12.1 Å². The number of amides is 3. The van der Waals surface area contributed by atoms with E-state index in [4.69, 9.17) is 5.73 Å². The molecule has 0 unspecified atom stereocenters. The van der Waals surface area contributed by atoms with Crippen molar-refractivity contribution in [3.8, 4) is 0 Å². The highest BCUT2D eigenvalue weighted by Crippen LogP contribution is 2.01. The minimum Gasteiger partial charge on any atom is -0.351 e. The molecule has 0 aliphatic heterocycles. The fourth-order valence-corrected chi connectivity index (χ4v) is 2.28. The first-order chi connectivity index (χ1) is 7.52. The number of nitrogens with two attached hydrogens (primary N) is 1. The van der Waals surface area contributed by atoms with E-state index in [1.807, 2.05) is 5.32 Å². The van der Waals surface area contributed by atoms with Crippen molar-refractivity contribution in [1.82, 2.24) is 15.4 Å². The molecule has 5 N–H and O–H groups in total. The molecule has 3 amide bonds. The third kappa shape index (κ3) is 9.72. The van der Waals surface area contributed by atoms with Gasteiger partial charge in [-0.15, -0.1) is 0 Å². The maximum absolute atomic E-state index is 11.0. The lowest BCUT2D eigenvalue weighted by molar-refractivity contribution is -0.119. The van der Waals surface area contributed by atoms with Crippen LogP contribution < -0.4 is 21.1 Å². The molecular formula is C8H18N4O4S. The number of rotatable bonds is 6. The van der Waals surface area contributed by atoms with Crippen LogP contribution in [0.5, 0.6) is 0 Å². The number of urea groups is 1. The Balaban J connectivity index is 4.03. The van der Waals surface area contributed by atoms with Crippen molar-refractivity contribution < 1.29 is 18.0 Å². The molecule has 17 heavy (non-hydrogen) atoms. The molecule has 0 rings (SSSR count). The van der Waals surface area contributed by atoms with Crippen LogP contribution in [-0.4, -0.2) is 45.2 Å². The van der Waals surface area contributed by atoms with Gasteiger partial charge in [0.25, 0.3) is 0 Å². The predicted molar refractivity (Wildman–Crippen MR) is 62.7 cm³/mol. The Bertz CT molecular complexity index is 390. The minimum atomic E-state index is -3.32. The van der Waals surface area contributed by atoms with Gasteiger partial charge in [-0.3, -0.25) is 10.1 Å². The van der Waals surface area contributed by atoms with Crippen molar-refractivity contribution >= 4 is 22.0 Å². The first kappa shape index (κ1) is 15.8. The molecule has 0 aromatic heterocycles. The normalized spacial score (nSPS) is 12.2. The van der Waals surface area contributed by atoms with Crippen LogP contribution >= 0.6 is 0 Å². The molecule has 0 saturated carbocycles. The van der Waals surface area contributed by atoms with Gasteiger partial charge >= 0.3 is 6.03 Å². The summed E-state index contributed by atoms with van der Waals surface area (Å²) in [5, 5.41) is 4.58. The van der Waals surface area contributed by atoms with Crippen molar-refractivity contribution in [2.24, 2.45) is 5.73 Å². The van der Waals surface area contributed by atoms with Gasteiger partial charge in [-0.25, -0.2) is 17.9 Å². The van der Waals surface area contributed by atoms with E-state index in [1.165, 1.54) is 0 Å². The lowest BCUT2D eigenvalue weighted by Gasteiger charge is -2.25. The van der Waals surface area contributed by atoms with Gasteiger partial charge < -0.3 is 11.1 Å². The van der Waals surface area contributed by atoms with E-state index in [1.54, 1.807) is 13.8 Å². The summed E-state index contributed by atoms with van der Waals surface area (Å²) < 4.78 is 24.4. The van der Waals surface area contributed by atoms with Crippen LogP contribution in [0.2, 0.25) is 0 Å². The van der Waals surface area contributed by atoms with Crippen molar-refractivity contribution in [3.63, 3.8) is 0 Å². The van der Waals surface area contributed by atoms with E-state index in [9.17, 15) is 18.0 Å². The van der Waals surface area contributed by atoms with Gasteiger partial charge in [-0.05, 0) is 13.8 Å². The Morgan fingerprint density at radius 3 is 2.24 bits per heavy atom. The molecule has 0 aliphatic rings. The summed E-state index contributed by atoms with van der Waals surface area (Å²) in [5.74, 6) is -0.576. The maximum Gasteiger partial charge on any atom is 0.318 e. The van der Waals surface area contributed by atoms with Crippen LogP contribution in [0.15, 0.2) is 0 Å². The van der Waals surface area contributed by atoms with E-state index in [0.29, 0.717) is 0 Å². The smallest absolute Gasteiger partial charge is 0.318 e. The van der Waals surface area contributed by atoms with Gasteiger partial charge in [0.2, 0.25) is 15.9 Å². The summed E-state index contributed by atoms with van der Waals surface area (Å²) in [6.45, 7) is 3.42. The molecule has 0 aliphatic carbocycles. The van der Waals surface area contributed by atoms with Crippen LogP contribution in [0.25, 0.3) is 0 Å². The van der Waals surface area contributed by atoms with Gasteiger partial charge in [-0.2, -0.15) is 0 Å². The second-order valence-electron chi connectivity index (χ2n) is 4.27. The van der Waals surface area contributed by atoms with Crippen molar-refractivity contribution in [2.75, 3.05) is 19.3 Å². The minimum absolute atomic E-state index is 0.127. The molecule has 0 saturated heterocycles. The largest absolute Gasteiger partial charge is 0.351 e. The molecule has 9 heteroatoms. The lowest BCUT2D eigenvalue weighted by Crippen LogP contribution is -2.51. The number of hydrogen-bond acceptors (Lipinski definition) is 5. The first-order valence-electron chi connectivity index (χ1n) is 4.81. The first-order valence-corrected chi connectivity index (χ1v) is 6.70. The van der Waals surface area contributed by atoms with Crippen LogP contribution in [0.3, 0.4) is 0 Å². The standard InChI is InChI=1S/C8H18N4O4S/c1-8(2,12-17(3,15)16)5-10-4-6(13)11-7(9)14/h10,12H,4-5H2,1-3H3,(H3,9,11,13,14). The second-order valence-corrected chi connectivity index (χ2v) is 6.02. The SMILES string of the molecule is CC(C)(CNCC(=O)NC(N)=O)NS(C)(=O)=O. The highest BCUT2D eigenvalue weighted by molar-refractivity contribution is 7.88. The highest BCUT2D eigenvalue weighted by atomic mass is 32.2. The molecule has 0 atom stereocenters. The van der Waals surface area contributed by atoms with Gasteiger partial charge in [-0.1, -0.05) is 0 Å². The van der Waals surface area contributed by atoms with Crippen LogP contribution in [-0.2, 0) is 14.8 Å². The Morgan fingerprint density at radius 2 is 1.82 bits per heavy atom. The van der Waals surface area contributed by atoms with E-state index in [0.717, 1.165) is 6.26 Å². The summed E-state index contributed by atoms with van der Waals surface area (Å²) in [5.41, 5.74) is 4.01. The Morgan fingerprint density at radius 1 is 1.29 bits per heavy atom. The summed E-state index contributed by atoms with van der Waals surface area (Å²) in [6, 6.07) is -0.926. The summed E-state index contributed by atoms with van der Waals surface area (Å²) in [6.07, 6.45) is 1.05. The quantitative estimate of drug-likeness (QED) is 0.446. The van der Waals surface area contributed by atoms with E-state index in [2.05, 4.69) is 10.0 Å². The molecule has 0 radical (unpaired) electrons. The van der Waals surface area contributed by atoms with E-state index < -0.39 is 27.5 Å². The molecule has 0 spiro atoms. The van der Waals surface area contributed by atoms with Crippen LogP contribution in [0.1, 0.15) is 13.8 Å². The number of carbonyl (C=O) groups is 2. The van der Waals surface area contributed by atoms with Crippen LogP contribution in [0, 0.1) is 0 Å². The highest BCUT2D eigenvalue weighted by Gasteiger charge is 2.21. The van der Waals surface area contributed by atoms with Crippen molar-refractivity contribution in [2.45, 2.75) is 19.4 Å². The van der Waals surface area contributed by atoms with Gasteiger partial charge in [0.05, 0.1) is 12.8 Å². The Kier molecular flexibility index (Phi) is 5.52. The van der Waals surface area contributed by atoms with E-state index >= 15 is 0 Å². The van der Waals surface area contributed by atoms with Crippen molar-refractivity contribution in [3.05, 3.63) is 0 Å². The zero-order valence-corrected chi connectivity index (χ0v) is 10.8. The molecular weight excluding hydrogens is 248 g/mol. The van der Waals surface area contributed by atoms with E-state index in [-0.39, 0.29) is 13.1 Å². The average molecular weight is 266 g/mol. The second kappa shape index (κ2) is 5.94. The fraction of sp³-hybridized carbons (Fsp3) is 0.750.